The number of sulfonamides is 1. The maximum Gasteiger partial charge on any atom is 0.229 e. The number of likely N-dealkylation sites (tertiary alicyclic amines) is 1. The largest absolute Gasteiger partial charge is 0.334 e. The van der Waals surface area contributed by atoms with E-state index >= 15 is 4.39 Å². The summed E-state index contributed by atoms with van der Waals surface area (Å²) in [5.41, 5.74) is 0.0991. The smallest absolute Gasteiger partial charge is 0.229 e. The maximum absolute atomic E-state index is 15.6. The van der Waals surface area contributed by atoms with Crippen LogP contribution in [0.5, 0.6) is 0 Å². The molecule has 180 valence electrons. The minimum absolute atomic E-state index is 0.0135. The van der Waals surface area contributed by atoms with Crippen LogP contribution < -0.4 is 4.72 Å². The van der Waals surface area contributed by atoms with Crippen molar-refractivity contribution in [2.75, 3.05) is 6.26 Å². The molecule has 1 N–H and O–H groups in total. The number of nitrogens with one attached hydrogen (secondary N) is 1. The van der Waals surface area contributed by atoms with Crippen molar-refractivity contribution in [3.8, 4) is 11.1 Å². The number of piperidine rings is 1. The van der Waals surface area contributed by atoms with Gasteiger partial charge in [0.25, 0.3) is 0 Å². The van der Waals surface area contributed by atoms with Crippen LogP contribution in [0.1, 0.15) is 31.2 Å². The molecule has 2 bridgehead atoms. The first-order valence-electron chi connectivity index (χ1n) is 11.6. The summed E-state index contributed by atoms with van der Waals surface area (Å²) < 4.78 is 70.0. The van der Waals surface area contributed by atoms with Gasteiger partial charge in [-0.15, -0.1) is 0 Å². The third kappa shape index (κ3) is 3.47. The predicted molar refractivity (Wildman–Crippen MR) is 120 cm³/mol. The SMILES string of the molecule is CS(=O)(=O)N[C@H]1[C@@H]2C[C@@H]2N(C(=O)C23CC(C2)C3)[C@H]1Cc1cccc(-c2cc(F)cc(F)c2)c1F. The van der Waals surface area contributed by atoms with Crippen molar-refractivity contribution in [3.63, 3.8) is 0 Å². The lowest BCUT2D eigenvalue weighted by Crippen LogP contribution is -2.63. The van der Waals surface area contributed by atoms with E-state index in [1.807, 2.05) is 4.90 Å². The van der Waals surface area contributed by atoms with Crippen molar-refractivity contribution in [1.82, 2.24) is 9.62 Å². The average Bonchev–Trinajstić information content (AvgIpc) is 3.38. The van der Waals surface area contributed by atoms with Gasteiger partial charge in [0, 0.05) is 23.7 Å². The van der Waals surface area contributed by atoms with E-state index in [4.69, 9.17) is 0 Å². The molecule has 4 saturated carbocycles. The van der Waals surface area contributed by atoms with Gasteiger partial charge in [0.05, 0.1) is 17.7 Å². The fourth-order valence-electron chi connectivity index (χ4n) is 6.46. The predicted octanol–water partition coefficient (Wildman–Crippen LogP) is 3.63. The monoisotopic (exact) mass is 490 g/mol. The Kier molecular flexibility index (Phi) is 4.75. The summed E-state index contributed by atoms with van der Waals surface area (Å²) in [7, 11) is -3.54. The number of hydrogen-bond acceptors (Lipinski definition) is 3. The van der Waals surface area contributed by atoms with Gasteiger partial charge in [-0.2, -0.15) is 0 Å². The molecule has 2 aromatic carbocycles. The first-order valence-corrected chi connectivity index (χ1v) is 13.5. The maximum atomic E-state index is 15.6. The van der Waals surface area contributed by atoms with Crippen molar-refractivity contribution in [2.45, 2.75) is 50.2 Å². The van der Waals surface area contributed by atoms with Gasteiger partial charge in [-0.25, -0.2) is 26.3 Å². The van der Waals surface area contributed by atoms with Crippen LogP contribution in [0.2, 0.25) is 0 Å². The molecule has 5 fully saturated rings. The molecule has 0 spiro atoms. The fraction of sp³-hybridized carbons (Fsp3) is 0.480. The first-order chi connectivity index (χ1) is 16.0. The quantitative estimate of drug-likeness (QED) is 0.673. The normalized spacial score (nSPS) is 33.2. The van der Waals surface area contributed by atoms with E-state index in [2.05, 4.69) is 4.72 Å². The lowest BCUT2D eigenvalue weighted by atomic mass is 9.44. The highest BCUT2D eigenvalue weighted by molar-refractivity contribution is 7.88. The Morgan fingerprint density at radius 1 is 1.12 bits per heavy atom. The molecule has 0 aromatic heterocycles. The van der Waals surface area contributed by atoms with Crippen molar-refractivity contribution in [1.29, 1.82) is 0 Å². The summed E-state index contributed by atoms with van der Waals surface area (Å²) in [6.45, 7) is 0. The number of amides is 1. The highest BCUT2D eigenvalue weighted by atomic mass is 32.2. The molecule has 5 aliphatic rings. The van der Waals surface area contributed by atoms with E-state index in [0.29, 0.717) is 5.92 Å². The van der Waals surface area contributed by atoms with Crippen molar-refractivity contribution in [2.24, 2.45) is 17.3 Å². The molecular formula is C25H25F3N2O3S. The van der Waals surface area contributed by atoms with E-state index in [9.17, 15) is 22.0 Å². The Hall–Kier alpha value is -2.39. The van der Waals surface area contributed by atoms with Crippen LogP contribution in [0.25, 0.3) is 11.1 Å². The Morgan fingerprint density at radius 3 is 2.38 bits per heavy atom. The van der Waals surface area contributed by atoms with E-state index in [1.54, 1.807) is 12.1 Å². The summed E-state index contributed by atoms with van der Waals surface area (Å²) in [6.07, 6.45) is 4.58. The summed E-state index contributed by atoms with van der Waals surface area (Å²) in [4.78, 5) is 15.4. The first kappa shape index (κ1) is 22.1. The second kappa shape index (κ2) is 7.31. The third-order valence-corrected chi connectivity index (χ3v) is 8.85. The summed E-state index contributed by atoms with van der Waals surface area (Å²) in [5, 5.41) is 0. The van der Waals surface area contributed by atoms with Crippen molar-refractivity contribution in [3.05, 3.63) is 59.4 Å². The molecule has 1 heterocycles. The van der Waals surface area contributed by atoms with Crippen molar-refractivity contribution >= 4 is 15.9 Å². The van der Waals surface area contributed by atoms with Crippen LogP contribution in [0.15, 0.2) is 36.4 Å². The zero-order valence-corrected chi connectivity index (χ0v) is 19.4. The van der Waals surface area contributed by atoms with Crippen LogP contribution in [-0.2, 0) is 21.2 Å². The molecule has 34 heavy (non-hydrogen) atoms. The molecule has 4 aliphatic carbocycles. The minimum atomic E-state index is -3.54. The molecule has 1 aliphatic heterocycles. The van der Waals surface area contributed by atoms with E-state index in [1.165, 1.54) is 6.07 Å². The third-order valence-electron chi connectivity index (χ3n) is 8.15. The zero-order chi connectivity index (χ0) is 24.0. The standard InChI is InChI=1S/C25H25F3N2O3S/c1-34(32,33)29-23-19-9-20(19)30(24(31)25-10-13(11-25)12-25)21(23)7-14-3-2-4-18(22(14)28)15-5-16(26)8-17(27)6-15/h2-6,8,13,19-21,23,29H,7,9-12H2,1H3/t13?,19-,20+,21+,23+,25?/m1/s1. The molecule has 5 nitrogen and oxygen atoms in total. The Labute approximate surface area is 196 Å². The van der Waals surface area contributed by atoms with Crippen LogP contribution in [0, 0.1) is 34.7 Å². The summed E-state index contributed by atoms with van der Waals surface area (Å²) in [6, 6.07) is 6.47. The van der Waals surface area contributed by atoms with Gasteiger partial charge in [-0.05, 0) is 67.2 Å². The molecule has 9 heteroatoms. The Balaban J connectivity index is 1.35. The van der Waals surface area contributed by atoms with Gasteiger partial charge in [0.2, 0.25) is 15.9 Å². The van der Waals surface area contributed by atoms with Gasteiger partial charge < -0.3 is 4.90 Å². The zero-order valence-electron chi connectivity index (χ0n) is 18.6. The van der Waals surface area contributed by atoms with E-state index in [-0.39, 0.29) is 46.4 Å². The topological polar surface area (TPSA) is 66.5 Å². The lowest BCUT2D eigenvalue weighted by Gasteiger charge is -2.61. The van der Waals surface area contributed by atoms with Gasteiger partial charge in [-0.3, -0.25) is 4.79 Å². The molecule has 1 saturated heterocycles. The number of carbonyl (C=O) groups is 1. The highest BCUT2D eigenvalue weighted by Gasteiger charge is 2.68. The molecule has 0 unspecified atom stereocenters. The van der Waals surface area contributed by atoms with Crippen LogP contribution >= 0.6 is 0 Å². The number of halogens is 3. The molecular weight excluding hydrogens is 465 g/mol. The number of nitrogens with zero attached hydrogens (tertiary/aromatic N) is 1. The number of carbonyl (C=O) groups excluding carboxylic acids is 1. The van der Waals surface area contributed by atoms with Crippen LogP contribution in [0.3, 0.4) is 0 Å². The molecule has 7 rings (SSSR count). The second-order valence-electron chi connectivity index (χ2n) is 10.6. The molecule has 2 aromatic rings. The van der Waals surface area contributed by atoms with Crippen molar-refractivity contribution < 1.29 is 26.4 Å². The second-order valence-corrected chi connectivity index (χ2v) is 12.3. The Bertz CT molecular complexity index is 1280. The highest BCUT2D eigenvalue weighted by Crippen LogP contribution is 2.66. The van der Waals surface area contributed by atoms with Gasteiger partial charge in [-0.1, -0.05) is 18.2 Å². The number of hydrogen-bond donors (Lipinski definition) is 1. The molecule has 4 atom stereocenters. The summed E-state index contributed by atoms with van der Waals surface area (Å²) >= 11 is 0. The molecule has 0 radical (unpaired) electrons. The van der Waals surface area contributed by atoms with Gasteiger partial charge in [0.15, 0.2) is 0 Å². The van der Waals surface area contributed by atoms with E-state index < -0.39 is 39.6 Å². The number of fused-ring (bicyclic) bond motifs is 1. The van der Waals surface area contributed by atoms with Crippen LogP contribution in [-0.4, -0.2) is 43.6 Å². The van der Waals surface area contributed by atoms with E-state index in [0.717, 1.165) is 50.1 Å². The van der Waals surface area contributed by atoms with Gasteiger partial charge in [0.1, 0.15) is 17.5 Å². The Morgan fingerprint density at radius 2 is 1.79 bits per heavy atom. The fourth-order valence-corrected chi connectivity index (χ4v) is 7.29. The lowest BCUT2D eigenvalue weighted by molar-refractivity contribution is -0.179. The average molecular weight is 491 g/mol. The number of rotatable bonds is 6. The number of benzene rings is 2. The minimum Gasteiger partial charge on any atom is -0.334 e. The van der Waals surface area contributed by atoms with Crippen LogP contribution in [0.4, 0.5) is 13.2 Å². The summed E-state index contributed by atoms with van der Waals surface area (Å²) in [5.74, 6) is -1.53. The molecule has 1 amide bonds. The van der Waals surface area contributed by atoms with Gasteiger partial charge >= 0.3 is 0 Å².